The van der Waals surface area contributed by atoms with E-state index >= 15 is 0 Å². The average molecular weight is 518 g/mol. The summed E-state index contributed by atoms with van der Waals surface area (Å²) in [6.45, 7) is 1.82. The maximum absolute atomic E-state index is 12.5. The predicted octanol–water partition coefficient (Wildman–Crippen LogP) is 4.12. The van der Waals surface area contributed by atoms with Crippen LogP contribution in [0.3, 0.4) is 0 Å². The number of benzene rings is 2. The largest absolute Gasteiger partial charge is 0.434 e. The molecule has 1 amide bonds. The standard InChI is InChI=1S/C20H24F2N4O2.HI/c1-3-23-20(24-12-15-7-6-9-17(11-15)26-14(2)27)25-13-16-8-4-5-10-18(16)28-19(21)22;/h4-11,19H,3,12-13H2,1-2H3,(H,26,27)(H2,23,24,25);1H. The summed E-state index contributed by atoms with van der Waals surface area (Å²) < 4.78 is 29.6. The quantitative estimate of drug-likeness (QED) is 0.279. The number of carbonyl (C=O) groups excluding carboxylic acids is 1. The molecular weight excluding hydrogens is 493 g/mol. The van der Waals surface area contributed by atoms with Gasteiger partial charge in [0.2, 0.25) is 5.91 Å². The molecule has 0 radical (unpaired) electrons. The summed E-state index contributed by atoms with van der Waals surface area (Å²) in [7, 11) is 0. The van der Waals surface area contributed by atoms with Gasteiger partial charge >= 0.3 is 6.61 Å². The Labute approximate surface area is 186 Å². The number of halogens is 3. The molecule has 6 nitrogen and oxygen atoms in total. The van der Waals surface area contributed by atoms with E-state index in [2.05, 4.69) is 25.7 Å². The number of nitrogens with one attached hydrogen (secondary N) is 3. The zero-order chi connectivity index (χ0) is 20.4. The van der Waals surface area contributed by atoms with Gasteiger partial charge in [0.15, 0.2) is 5.96 Å². The minimum Gasteiger partial charge on any atom is -0.434 e. The van der Waals surface area contributed by atoms with Crippen LogP contribution in [-0.4, -0.2) is 25.0 Å². The second-order valence-corrected chi connectivity index (χ2v) is 5.92. The fourth-order valence-corrected chi connectivity index (χ4v) is 2.50. The molecule has 0 saturated carbocycles. The number of aliphatic imine (C=N–C) groups is 1. The summed E-state index contributed by atoms with van der Waals surface area (Å²) in [5.41, 5.74) is 2.22. The lowest BCUT2D eigenvalue weighted by atomic mass is 10.2. The Morgan fingerprint density at radius 1 is 1.14 bits per heavy atom. The lowest BCUT2D eigenvalue weighted by molar-refractivity contribution is -0.114. The van der Waals surface area contributed by atoms with Crippen LogP contribution in [0.5, 0.6) is 5.75 Å². The predicted molar refractivity (Wildman–Crippen MR) is 121 cm³/mol. The van der Waals surface area contributed by atoms with Crippen molar-refractivity contribution in [2.75, 3.05) is 11.9 Å². The maximum Gasteiger partial charge on any atom is 0.387 e. The van der Waals surface area contributed by atoms with Crippen LogP contribution in [0.2, 0.25) is 0 Å². The topological polar surface area (TPSA) is 74.8 Å². The zero-order valence-electron chi connectivity index (χ0n) is 16.2. The van der Waals surface area contributed by atoms with Crippen LogP contribution in [0.15, 0.2) is 53.5 Å². The molecule has 0 bridgehead atoms. The molecule has 0 heterocycles. The fourth-order valence-electron chi connectivity index (χ4n) is 2.50. The summed E-state index contributed by atoms with van der Waals surface area (Å²) in [6, 6.07) is 14.0. The van der Waals surface area contributed by atoms with E-state index in [1.54, 1.807) is 24.3 Å². The molecule has 29 heavy (non-hydrogen) atoms. The number of rotatable bonds is 8. The van der Waals surface area contributed by atoms with Crippen molar-refractivity contribution in [1.29, 1.82) is 0 Å². The van der Waals surface area contributed by atoms with Gasteiger partial charge in [-0.1, -0.05) is 30.3 Å². The van der Waals surface area contributed by atoms with Crippen molar-refractivity contribution in [3.05, 3.63) is 59.7 Å². The molecule has 2 aromatic carbocycles. The first kappa shape index (κ1) is 24.6. The monoisotopic (exact) mass is 518 g/mol. The van der Waals surface area contributed by atoms with E-state index in [1.165, 1.54) is 13.0 Å². The highest BCUT2D eigenvalue weighted by molar-refractivity contribution is 14.0. The van der Waals surface area contributed by atoms with E-state index in [-0.39, 0.29) is 42.2 Å². The van der Waals surface area contributed by atoms with Crippen molar-refractivity contribution in [2.24, 2.45) is 4.99 Å². The number of anilines is 1. The van der Waals surface area contributed by atoms with Crippen LogP contribution in [0, 0.1) is 0 Å². The third-order valence-electron chi connectivity index (χ3n) is 3.65. The molecule has 2 aromatic rings. The Bertz CT molecular complexity index is 819. The molecule has 0 aromatic heterocycles. The van der Waals surface area contributed by atoms with Crippen molar-refractivity contribution in [1.82, 2.24) is 10.6 Å². The summed E-state index contributed by atoms with van der Waals surface area (Å²) in [4.78, 5) is 15.7. The molecule has 2 rings (SSSR count). The van der Waals surface area contributed by atoms with Gasteiger partial charge in [-0.3, -0.25) is 4.79 Å². The number of amides is 1. The Morgan fingerprint density at radius 3 is 2.59 bits per heavy atom. The molecule has 0 atom stereocenters. The summed E-state index contributed by atoms with van der Waals surface area (Å²) in [5.74, 6) is 0.531. The molecule has 158 valence electrons. The Hall–Kier alpha value is -2.43. The van der Waals surface area contributed by atoms with Gasteiger partial charge in [0.1, 0.15) is 5.75 Å². The van der Waals surface area contributed by atoms with Crippen LogP contribution in [-0.2, 0) is 17.9 Å². The number of alkyl halides is 2. The number of hydrogen-bond donors (Lipinski definition) is 3. The van der Waals surface area contributed by atoms with Crippen molar-refractivity contribution in [2.45, 2.75) is 33.5 Å². The lowest BCUT2D eigenvalue weighted by Crippen LogP contribution is -2.36. The van der Waals surface area contributed by atoms with Gasteiger partial charge in [-0.15, -0.1) is 24.0 Å². The molecule has 0 spiro atoms. The molecule has 0 aliphatic rings. The van der Waals surface area contributed by atoms with E-state index in [0.717, 1.165) is 5.56 Å². The van der Waals surface area contributed by atoms with Crippen LogP contribution in [0.1, 0.15) is 25.0 Å². The summed E-state index contributed by atoms with van der Waals surface area (Å²) in [5, 5.41) is 8.95. The normalized spacial score (nSPS) is 10.9. The van der Waals surface area contributed by atoms with Gasteiger partial charge < -0.3 is 20.7 Å². The van der Waals surface area contributed by atoms with Gasteiger partial charge in [0.25, 0.3) is 0 Å². The SMILES string of the molecule is CCNC(=NCc1cccc(NC(C)=O)c1)NCc1ccccc1OC(F)F.I. The van der Waals surface area contributed by atoms with Crippen LogP contribution >= 0.6 is 24.0 Å². The summed E-state index contributed by atoms with van der Waals surface area (Å²) in [6.07, 6.45) is 0. The average Bonchev–Trinajstić information content (AvgIpc) is 2.64. The second kappa shape index (κ2) is 12.9. The van der Waals surface area contributed by atoms with E-state index in [9.17, 15) is 13.6 Å². The lowest BCUT2D eigenvalue weighted by Gasteiger charge is -2.14. The van der Waals surface area contributed by atoms with Crippen molar-refractivity contribution in [3.63, 3.8) is 0 Å². The first-order valence-corrected chi connectivity index (χ1v) is 8.89. The Balaban J connectivity index is 0.00000420. The number of hydrogen-bond acceptors (Lipinski definition) is 3. The first-order chi connectivity index (χ1) is 13.5. The molecule has 0 saturated heterocycles. The Kier molecular flexibility index (Phi) is 11.0. The van der Waals surface area contributed by atoms with E-state index in [1.807, 2.05) is 25.1 Å². The van der Waals surface area contributed by atoms with Gasteiger partial charge in [-0.25, -0.2) is 4.99 Å². The van der Waals surface area contributed by atoms with Crippen LogP contribution in [0.25, 0.3) is 0 Å². The minimum atomic E-state index is -2.88. The number of para-hydroxylation sites is 1. The molecule has 3 N–H and O–H groups in total. The van der Waals surface area contributed by atoms with Gasteiger partial charge in [0, 0.05) is 31.3 Å². The van der Waals surface area contributed by atoms with Crippen LogP contribution in [0.4, 0.5) is 14.5 Å². The third-order valence-corrected chi connectivity index (χ3v) is 3.65. The Morgan fingerprint density at radius 2 is 1.90 bits per heavy atom. The molecule has 0 unspecified atom stereocenters. The highest BCUT2D eigenvalue weighted by atomic mass is 127. The van der Waals surface area contributed by atoms with Gasteiger partial charge in [0.05, 0.1) is 6.54 Å². The first-order valence-electron chi connectivity index (χ1n) is 8.89. The smallest absolute Gasteiger partial charge is 0.387 e. The molecular formula is C20H25F2IN4O2. The highest BCUT2D eigenvalue weighted by Gasteiger charge is 2.09. The highest BCUT2D eigenvalue weighted by Crippen LogP contribution is 2.20. The van der Waals surface area contributed by atoms with Crippen molar-refractivity contribution in [3.8, 4) is 5.75 Å². The molecule has 0 fully saturated rings. The van der Waals surface area contributed by atoms with Crippen molar-refractivity contribution >= 4 is 41.5 Å². The van der Waals surface area contributed by atoms with E-state index in [4.69, 9.17) is 0 Å². The number of ether oxygens (including phenoxy) is 1. The van der Waals surface area contributed by atoms with Crippen molar-refractivity contribution < 1.29 is 18.3 Å². The number of carbonyl (C=O) groups is 1. The van der Waals surface area contributed by atoms with Gasteiger partial charge in [-0.05, 0) is 30.7 Å². The van der Waals surface area contributed by atoms with Crippen LogP contribution < -0.4 is 20.7 Å². The summed E-state index contributed by atoms with van der Waals surface area (Å²) >= 11 is 0. The minimum absolute atomic E-state index is 0. The maximum atomic E-state index is 12.5. The van der Waals surface area contributed by atoms with E-state index in [0.29, 0.717) is 30.3 Å². The molecule has 9 heteroatoms. The molecule has 0 aliphatic carbocycles. The number of guanidine groups is 1. The number of nitrogens with zero attached hydrogens (tertiary/aromatic N) is 1. The zero-order valence-corrected chi connectivity index (χ0v) is 18.6. The third kappa shape index (κ3) is 9.07. The van der Waals surface area contributed by atoms with Gasteiger partial charge in [-0.2, -0.15) is 8.78 Å². The van der Waals surface area contributed by atoms with E-state index < -0.39 is 6.61 Å². The fraction of sp³-hybridized carbons (Fsp3) is 0.300. The molecule has 0 aliphatic heterocycles. The second-order valence-electron chi connectivity index (χ2n) is 5.92.